The highest BCUT2D eigenvalue weighted by atomic mass is 35.5. The molecule has 94 valence electrons. The lowest BCUT2D eigenvalue weighted by Gasteiger charge is -2.22. The van der Waals surface area contributed by atoms with E-state index in [-0.39, 0.29) is 5.91 Å². The normalized spacial score (nSPS) is 17.0. The van der Waals surface area contributed by atoms with Crippen LogP contribution in [0.15, 0.2) is 5.38 Å². The molecule has 1 saturated carbocycles. The summed E-state index contributed by atoms with van der Waals surface area (Å²) in [6.07, 6.45) is 6.40. The van der Waals surface area contributed by atoms with E-state index in [0.717, 1.165) is 23.5 Å². The molecule has 1 fully saturated rings. The molecular formula is C12H17ClN2OS. The number of carbonyl (C=O) groups excluding carboxylic acids is 1. The molecule has 0 radical (unpaired) electrons. The molecule has 1 aromatic rings. The van der Waals surface area contributed by atoms with Crippen LogP contribution in [0.2, 0.25) is 0 Å². The Kier molecular flexibility index (Phi) is 4.80. The number of carbonyl (C=O) groups is 1. The number of nitrogens with zero attached hydrogens (tertiary/aromatic N) is 1. The highest BCUT2D eigenvalue weighted by Crippen LogP contribution is 2.18. The van der Waals surface area contributed by atoms with Crippen LogP contribution in [0.1, 0.15) is 42.8 Å². The fourth-order valence-electron chi connectivity index (χ4n) is 2.15. The maximum atomic E-state index is 11.8. The molecular weight excluding hydrogens is 256 g/mol. The Bertz CT molecular complexity index is 374. The van der Waals surface area contributed by atoms with Crippen LogP contribution in [0, 0.1) is 0 Å². The van der Waals surface area contributed by atoms with Gasteiger partial charge >= 0.3 is 0 Å². The number of aromatic nitrogens is 1. The molecule has 17 heavy (non-hydrogen) atoms. The first-order valence-corrected chi connectivity index (χ1v) is 7.48. The van der Waals surface area contributed by atoms with Crippen molar-refractivity contribution in [2.45, 2.75) is 50.4 Å². The van der Waals surface area contributed by atoms with Gasteiger partial charge in [-0.1, -0.05) is 19.3 Å². The zero-order valence-corrected chi connectivity index (χ0v) is 11.3. The first-order valence-electron chi connectivity index (χ1n) is 6.06. The second-order valence-corrected chi connectivity index (χ2v) is 5.66. The summed E-state index contributed by atoms with van der Waals surface area (Å²) >= 11 is 7.18. The van der Waals surface area contributed by atoms with E-state index >= 15 is 0 Å². The molecule has 1 amide bonds. The lowest BCUT2D eigenvalue weighted by molar-refractivity contribution is -0.121. The number of alkyl halides is 1. The van der Waals surface area contributed by atoms with Crippen LogP contribution >= 0.6 is 22.9 Å². The van der Waals surface area contributed by atoms with E-state index in [2.05, 4.69) is 10.3 Å². The zero-order chi connectivity index (χ0) is 12.1. The van der Waals surface area contributed by atoms with Gasteiger partial charge in [-0.15, -0.1) is 22.9 Å². The van der Waals surface area contributed by atoms with Crippen molar-refractivity contribution in [1.29, 1.82) is 0 Å². The number of halogens is 1. The molecule has 0 spiro atoms. The topological polar surface area (TPSA) is 42.0 Å². The number of amides is 1. The fraction of sp³-hybridized carbons (Fsp3) is 0.667. The van der Waals surface area contributed by atoms with Crippen molar-refractivity contribution < 1.29 is 4.79 Å². The van der Waals surface area contributed by atoms with E-state index in [4.69, 9.17) is 11.6 Å². The first-order chi connectivity index (χ1) is 8.28. The first kappa shape index (κ1) is 12.8. The summed E-state index contributed by atoms with van der Waals surface area (Å²) in [5.74, 6) is 0.508. The van der Waals surface area contributed by atoms with Crippen LogP contribution in [0.3, 0.4) is 0 Å². The van der Waals surface area contributed by atoms with Crippen molar-refractivity contribution in [1.82, 2.24) is 10.3 Å². The quantitative estimate of drug-likeness (QED) is 0.857. The molecule has 0 bridgehead atoms. The molecule has 1 aliphatic carbocycles. The highest BCUT2D eigenvalue weighted by molar-refractivity contribution is 7.09. The number of rotatable bonds is 4. The van der Waals surface area contributed by atoms with Gasteiger partial charge < -0.3 is 5.32 Å². The summed E-state index contributed by atoms with van der Waals surface area (Å²) in [5, 5.41) is 5.86. The van der Waals surface area contributed by atoms with Gasteiger partial charge in [-0.05, 0) is 12.8 Å². The third kappa shape index (κ3) is 3.96. The van der Waals surface area contributed by atoms with E-state index in [0.29, 0.717) is 18.3 Å². The third-order valence-electron chi connectivity index (χ3n) is 3.02. The van der Waals surface area contributed by atoms with E-state index < -0.39 is 0 Å². The molecule has 5 heteroatoms. The Labute approximate surface area is 111 Å². The minimum atomic E-state index is 0.0902. The van der Waals surface area contributed by atoms with Gasteiger partial charge in [-0.3, -0.25) is 4.79 Å². The van der Waals surface area contributed by atoms with Crippen molar-refractivity contribution in [3.63, 3.8) is 0 Å². The Hall–Kier alpha value is -0.610. The van der Waals surface area contributed by atoms with Crippen molar-refractivity contribution >= 4 is 28.8 Å². The summed E-state index contributed by atoms with van der Waals surface area (Å²) in [6.45, 7) is 0. The molecule has 0 unspecified atom stereocenters. The van der Waals surface area contributed by atoms with Crippen LogP contribution in [-0.2, 0) is 17.1 Å². The SMILES string of the molecule is O=C(Cc1nc(CCl)cs1)NC1CCCCC1. The second kappa shape index (κ2) is 6.36. The minimum Gasteiger partial charge on any atom is -0.353 e. The average Bonchev–Trinajstić information content (AvgIpc) is 2.78. The van der Waals surface area contributed by atoms with Crippen LogP contribution in [0.5, 0.6) is 0 Å². The molecule has 0 aliphatic heterocycles. The molecule has 0 saturated heterocycles. The van der Waals surface area contributed by atoms with Crippen molar-refractivity contribution in [2.75, 3.05) is 0 Å². The summed E-state index contributed by atoms with van der Waals surface area (Å²) in [7, 11) is 0. The maximum absolute atomic E-state index is 11.8. The second-order valence-electron chi connectivity index (χ2n) is 4.45. The molecule has 1 heterocycles. The Morgan fingerprint density at radius 3 is 2.88 bits per heavy atom. The standard InChI is InChI=1S/C12H17ClN2OS/c13-7-10-8-17-12(15-10)6-11(16)14-9-4-2-1-3-5-9/h8-9H,1-7H2,(H,14,16). The lowest BCUT2D eigenvalue weighted by Crippen LogP contribution is -2.37. The maximum Gasteiger partial charge on any atom is 0.227 e. The molecule has 0 atom stereocenters. The fourth-order valence-corrected chi connectivity index (χ4v) is 3.18. The Morgan fingerprint density at radius 1 is 1.47 bits per heavy atom. The van der Waals surface area contributed by atoms with Crippen molar-refractivity contribution in [3.05, 3.63) is 16.1 Å². The van der Waals surface area contributed by atoms with Gasteiger partial charge in [0, 0.05) is 11.4 Å². The van der Waals surface area contributed by atoms with Gasteiger partial charge in [0.25, 0.3) is 0 Å². The molecule has 3 nitrogen and oxygen atoms in total. The van der Waals surface area contributed by atoms with Crippen LogP contribution < -0.4 is 5.32 Å². The number of nitrogens with one attached hydrogen (secondary N) is 1. The molecule has 1 aliphatic rings. The number of hydrogen-bond acceptors (Lipinski definition) is 3. The molecule has 2 rings (SSSR count). The minimum absolute atomic E-state index is 0.0902. The zero-order valence-electron chi connectivity index (χ0n) is 9.75. The van der Waals surface area contributed by atoms with Gasteiger partial charge in [0.15, 0.2) is 0 Å². The number of thiazole rings is 1. The summed E-state index contributed by atoms with van der Waals surface area (Å²) in [4.78, 5) is 16.1. The van der Waals surface area contributed by atoms with E-state index in [9.17, 15) is 4.79 Å². The summed E-state index contributed by atoms with van der Waals surface area (Å²) in [6, 6.07) is 0.378. The van der Waals surface area contributed by atoms with Gasteiger partial charge in [-0.2, -0.15) is 0 Å². The number of hydrogen-bond donors (Lipinski definition) is 1. The van der Waals surface area contributed by atoms with E-state index in [1.165, 1.54) is 30.6 Å². The van der Waals surface area contributed by atoms with Gasteiger partial charge in [0.1, 0.15) is 5.01 Å². The predicted octanol–water partition coefficient (Wildman–Crippen LogP) is 2.87. The third-order valence-corrected chi connectivity index (χ3v) is 4.19. The monoisotopic (exact) mass is 272 g/mol. The highest BCUT2D eigenvalue weighted by Gasteiger charge is 2.16. The predicted molar refractivity (Wildman–Crippen MR) is 70.4 cm³/mol. The van der Waals surface area contributed by atoms with Crippen molar-refractivity contribution in [2.24, 2.45) is 0 Å². The molecule has 1 aromatic heterocycles. The summed E-state index contributed by atoms with van der Waals surface area (Å²) in [5.41, 5.74) is 0.858. The van der Waals surface area contributed by atoms with Gasteiger partial charge in [0.2, 0.25) is 5.91 Å². The van der Waals surface area contributed by atoms with Crippen LogP contribution in [0.25, 0.3) is 0 Å². The van der Waals surface area contributed by atoms with Crippen LogP contribution in [0.4, 0.5) is 0 Å². The van der Waals surface area contributed by atoms with Gasteiger partial charge in [0.05, 0.1) is 18.0 Å². The van der Waals surface area contributed by atoms with Crippen molar-refractivity contribution in [3.8, 4) is 0 Å². The van der Waals surface area contributed by atoms with E-state index in [1.807, 2.05) is 5.38 Å². The van der Waals surface area contributed by atoms with Crippen LogP contribution in [-0.4, -0.2) is 16.9 Å². The smallest absolute Gasteiger partial charge is 0.227 e. The Morgan fingerprint density at radius 2 is 2.24 bits per heavy atom. The summed E-state index contributed by atoms with van der Waals surface area (Å²) < 4.78 is 0. The largest absolute Gasteiger partial charge is 0.353 e. The average molecular weight is 273 g/mol. The Balaban J connectivity index is 1.79. The molecule has 0 aromatic carbocycles. The molecule has 1 N–H and O–H groups in total. The lowest BCUT2D eigenvalue weighted by atomic mass is 9.95. The van der Waals surface area contributed by atoms with Gasteiger partial charge in [-0.25, -0.2) is 4.98 Å². The van der Waals surface area contributed by atoms with E-state index in [1.54, 1.807) is 0 Å².